The first-order valence-electron chi connectivity index (χ1n) is 7.59. The van der Waals surface area contributed by atoms with Gasteiger partial charge in [0.15, 0.2) is 0 Å². The molecule has 0 bridgehead atoms. The molecule has 0 saturated carbocycles. The van der Waals surface area contributed by atoms with Crippen LogP contribution in [-0.2, 0) is 25.7 Å². The van der Waals surface area contributed by atoms with E-state index in [1.165, 1.54) is 6.92 Å². The number of esters is 1. The van der Waals surface area contributed by atoms with Crippen LogP contribution >= 0.6 is 0 Å². The highest BCUT2D eigenvalue weighted by Crippen LogP contribution is 2.04. The minimum Gasteiger partial charge on any atom is -0.459 e. The number of nitrogens with one attached hydrogen (secondary N) is 2. The average molecular weight is 320 g/mol. The zero-order chi connectivity index (χ0) is 17.4. The van der Waals surface area contributed by atoms with Crippen molar-refractivity contribution in [3.63, 3.8) is 0 Å². The summed E-state index contributed by atoms with van der Waals surface area (Å²) in [5.41, 5.74) is 0.873. The number of hydrogen-bond acceptors (Lipinski definition) is 4. The first-order valence-corrected chi connectivity index (χ1v) is 7.59. The maximum Gasteiger partial charge on any atom is 0.328 e. The van der Waals surface area contributed by atoms with E-state index in [9.17, 15) is 14.4 Å². The van der Waals surface area contributed by atoms with Crippen molar-refractivity contribution in [2.45, 2.75) is 46.4 Å². The van der Waals surface area contributed by atoms with Crippen molar-refractivity contribution in [2.75, 3.05) is 0 Å². The number of rotatable bonds is 7. The van der Waals surface area contributed by atoms with E-state index < -0.39 is 24.0 Å². The Hall–Kier alpha value is -2.37. The summed E-state index contributed by atoms with van der Waals surface area (Å²) in [5, 5.41) is 5.15. The van der Waals surface area contributed by atoms with Crippen molar-refractivity contribution in [1.29, 1.82) is 0 Å². The summed E-state index contributed by atoms with van der Waals surface area (Å²) >= 11 is 0. The summed E-state index contributed by atoms with van der Waals surface area (Å²) in [6.45, 7) is 6.69. The van der Waals surface area contributed by atoms with Crippen molar-refractivity contribution < 1.29 is 19.1 Å². The Labute approximate surface area is 136 Å². The predicted octanol–water partition coefficient (Wildman–Crippen LogP) is 1.40. The Kier molecular flexibility index (Phi) is 7.25. The zero-order valence-corrected chi connectivity index (χ0v) is 14.0. The van der Waals surface area contributed by atoms with E-state index in [-0.39, 0.29) is 18.4 Å². The number of benzene rings is 1. The van der Waals surface area contributed by atoms with Crippen LogP contribution in [0.2, 0.25) is 0 Å². The molecule has 0 spiro atoms. The minimum absolute atomic E-state index is 0.0913. The number of amides is 2. The van der Waals surface area contributed by atoms with E-state index in [4.69, 9.17) is 4.74 Å². The van der Waals surface area contributed by atoms with Gasteiger partial charge in [-0.1, -0.05) is 44.2 Å². The van der Waals surface area contributed by atoms with E-state index in [0.29, 0.717) is 0 Å². The largest absolute Gasteiger partial charge is 0.459 e. The molecule has 1 aromatic carbocycles. The molecule has 1 aromatic rings. The van der Waals surface area contributed by atoms with Crippen LogP contribution < -0.4 is 10.6 Å². The van der Waals surface area contributed by atoms with Crippen LogP contribution in [0, 0.1) is 5.92 Å². The lowest BCUT2D eigenvalue weighted by Crippen LogP contribution is -2.52. The van der Waals surface area contributed by atoms with Gasteiger partial charge in [-0.05, 0) is 18.4 Å². The van der Waals surface area contributed by atoms with Gasteiger partial charge in [0.1, 0.15) is 18.7 Å². The van der Waals surface area contributed by atoms with Gasteiger partial charge in [-0.25, -0.2) is 4.79 Å². The average Bonchev–Trinajstić information content (AvgIpc) is 2.50. The van der Waals surface area contributed by atoms with Crippen molar-refractivity contribution in [1.82, 2.24) is 10.6 Å². The summed E-state index contributed by atoms with van der Waals surface area (Å²) in [6.07, 6.45) is 0. The maximum atomic E-state index is 12.2. The van der Waals surface area contributed by atoms with Crippen LogP contribution in [0.5, 0.6) is 0 Å². The Bertz CT molecular complexity index is 543. The molecule has 126 valence electrons. The van der Waals surface area contributed by atoms with Gasteiger partial charge in [-0.2, -0.15) is 0 Å². The zero-order valence-electron chi connectivity index (χ0n) is 14.0. The molecule has 0 aliphatic rings. The highest BCUT2D eigenvalue weighted by molar-refractivity contribution is 5.90. The molecule has 6 nitrogen and oxygen atoms in total. The van der Waals surface area contributed by atoms with Crippen LogP contribution in [0.25, 0.3) is 0 Å². The van der Waals surface area contributed by atoms with Crippen molar-refractivity contribution in [3.05, 3.63) is 35.9 Å². The first-order chi connectivity index (χ1) is 10.8. The number of ether oxygens (including phenoxy) is 1. The van der Waals surface area contributed by atoms with Crippen molar-refractivity contribution in [3.8, 4) is 0 Å². The molecule has 0 aliphatic carbocycles. The molecule has 0 saturated heterocycles. The van der Waals surface area contributed by atoms with E-state index in [1.54, 1.807) is 6.92 Å². The van der Waals surface area contributed by atoms with E-state index >= 15 is 0 Å². The summed E-state index contributed by atoms with van der Waals surface area (Å²) in [5.74, 6) is -1.31. The van der Waals surface area contributed by atoms with Crippen LogP contribution in [-0.4, -0.2) is 29.9 Å². The Morgan fingerprint density at radius 1 is 1.04 bits per heavy atom. The van der Waals surface area contributed by atoms with Gasteiger partial charge in [-0.15, -0.1) is 0 Å². The fourth-order valence-electron chi connectivity index (χ4n) is 1.97. The lowest BCUT2D eigenvalue weighted by Gasteiger charge is -2.22. The third-order valence-corrected chi connectivity index (χ3v) is 3.24. The van der Waals surface area contributed by atoms with Crippen LogP contribution in [0.4, 0.5) is 0 Å². The molecule has 2 unspecified atom stereocenters. The maximum absolute atomic E-state index is 12.2. The SMILES string of the molecule is CC(=O)NC(C(=O)NC(C)C(=O)OCc1ccccc1)C(C)C. The molecule has 0 aromatic heterocycles. The second-order valence-electron chi connectivity index (χ2n) is 5.75. The molecule has 2 amide bonds. The Morgan fingerprint density at radius 2 is 1.65 bits per heavy atom. The second-order valence-corrected chi connectivity index (χ2v) is 5.75. The highest BCUT2D eigenvalue weighted by atomic mass is 16.5. The highest BCUT2D eigenvalue weighted by Gasteiger charge is 2.26. The normalized spacial score (nSPS) is 13.1. The topological polar surface area (TPSA) is 84.5 Å². The van der Waals surface area contributed by atoms with E-state index in [2.05, 4.69) is 10.6 Å². The molecule has 0 fully saturated rings. The van der Waals surface area contributed by atoms with Crippen molar-refractivity contribution in [2.24, 2.45) is 5.92 Å². The van der Waals surface area contributed by atoms with E-state index in [0.717, 1.165) is 5.56 Å². The summed E-state index contributed by atoms with van der Waals surface area (Å²) in [4.78, 5) is 35.3. The third kappa shape index (κ3) is 6.50. The molecule has 0 radical (unpaired) electrons. The van der Waals surface area contributed by atoms with Gasteiger partial charge >= 0.3 is 5.97 Å². The van der Waals surface area contributed by atoms with Crippen LogP contribution in [0.1, 0.15) is 33.3 Å². The molecular formula is C17H24N2O4. The minimum atomic E-state index is -0.791. The smallest absolute Gasteiger partial charge is 0.328 e. The van der Waals surface area contributed by atoms with Gasteiger partial charge in [0.05, 0.1) is 0 Å². The van der Waals surface area contributed by atoms with Gasteiger partial charge in [0, 0.05) is 6.92 Å². The van der Waals surface area contributed by atoms with Gasteiger partial charge in [0.2, 0.25) is 11.8 Å². The molecule has 2 atom stereocenters. The lowest BCUT2D eigenvalue weighted by molar-refractivity contribution is -0.149. The van der Waals surface area contributed by atoms with E-state index in [1.807, 2.05) is 44.2 Å². The monoisotopic (exact) mass is 320 g/mol. The van der Waals surface area contributed by atoms with Gasteiger partial charge in [-0.3, -0.25) is 9.59 Å². The van der Waals surface area contributed by atoms with Crippen LogP contribution in [0.15, 0.2) is 30.3 Å². The second kappa shape index (κ2) is 8.92. The number of carbonyl (C=O) groups excluding carboxylic acids is 3. The van der Waals surface area contributed by atoms with Gasteiger partial charge < -0.3 is 15.4 Å². The van der Waals surface area contributed by atoms with Crippen LogP contribution in [0.3, 0.4) is 0 Å². The number of hydrogen-bond donors (Lipinski definition) is 2. The molecule has 6 heteroatoms. The third-order valence-electron chi connectivity index (χ3n) is 3.24. The quantitative estimate of drug-likeness (QED) is 0.744. The fraction of sp³-hybridized carbons (Fsp3) is 0.471. The summed E-state index contributed by atoms with van der Waals surface area (Å²) in [6, 6.07) is 7.81. The van der Waals surface area contributed by atoms with Gasteiger partial charge in [0.25, 0.3) is 0 Å². The Balaban J connectivity index is 2.52. The molecule has 2 N–H and O–H groups in total. The first kappa shape index (κ1) is 18.7. The molecular weight excluding hydrogens is 296 g/mol. The molecule has 0 heterocycles. The van der Waals surface area contributed by atoms with Crippen molar-refractivity contribution >= 4 is 17.8 Å². The fourth-order valence-corrected chi connectivity index (χ4v) is 1.97. The summed E-state index contributed by atoms with van der Waals surface area (Å²) < 4.78 is 5.17. The lowest BCUT2D eigenvalue weighted by atomic mass is 10.0. The molecule has 23 heavy (non-hydrogen) atoms. The molecule has 0 aliphatic heterocycles. The Morgan fingerprint density at radius 3 is 2.17 bits per heavy atom. The summed E-state index contributed by atoms with van der Waals surface area (Å²) in [7, 11) is 0. The predicted molar refractivity (Wildman–Crippen MR) is 86.3 cm³/mol. The number of carbonyl (C=O) groups is 3. The standard InChI is InChI=1S/C17H24N2O4/c1-11(2)15(19-13(4)20)16(21)18-12(3)17(22)23-10-14-8-6-5-7-9-14/h5-9,11-12,15H,10H2,1-4H3,(H,18,21)(H,19,20). The molecule has 1 rings (SSSR count).